The molecule has 1 aliphatic rings. The minimum Gasteiger partial charge on any atom is -0.495 e. The number of benzene rings is 2. The molecule has 38 heavy (non-hydrogen) atoms. The average Bonchev–Trinajstić information content (AvgIpc) is 3.28. The Balaban J connectivity index is 1.66. The predicted octanol–water partition coefficient (Wildman–Crippen LogP) is 5.10. The maximum absolute atomic E-state index is 15.1. The summed E-state index contributed by atoms with van der Waals surface area (Å²) >= 11 is 0. The molecule has 2 aromatic carbocycles. The number of methoxy groups -OCH3 is 1. The highest BCUT2D eigenvalue weighted by molar-refractivity contribution is 6.88. The molecule has 0 bridgehead atoms. The molecular formula is C28H33F2N5O2Si. The van der Waals surface area contributed by atoms with Crippen LogP contribution in [-0.2, 0) is 4.79 Å². The van der Waals surface area contributed by atoms with Gasteiger partial charge in [-0.2, -0.15) is 4.99 Å². The first-order chi connectivity index (χ1) is 18.0. The van der Waals surface area contributed by atoms with Crippen LogP contribution >= 0.6 is 0 Å². The molecule has 1 aromatic heterocycles. The monoisotopic (exact) mass is 537 g/mol. The van der Waals surface area contributed by atoms with Crippen LogP contribution in [0.5, 0.6) is 5.75 Å². The number of carbonyl (C=O) groups excluding carboxylic acids is 1. The van der Waals surface area contributed by atoms with E-state index in [0.717, 1.165) is 23.4 Å². The van der Waals surface area contributed by atoms with E-state index < -0.39 is 25.6 Å². The van der Waals surface area contributed by atoms with Gasteiger partial charge in [0, 0.05) is 17.9 Å². The number of aryl methyl sites for hydroxylation is 1. The van der Waals surface area contributed by atoms with Crippen molar-refractivity contribution in [3.63, 3.8) is 0 Å². The predicted molar refractivity (Wildman–Crippen MR) is 150 cm³/mol. The Morgan fingerprint density at radius 2 is 1.82 bits per heavy atom. The van der Waals surface area contributed by atoms with Gasteiger partial charge in [-0.1, -0.05) is 38.7 Å². The standard InChI is InChI=1S/C28H33F2N5O2Si/c1-7-12-34-26(11-9-20-8-10-24(25(13-20)37-3)33-16-19(2)31-18-33)32-27(36)17-35(34)21-14-22(29)28(23(30)15-21)38(4,5)6/h8-11,13-16,18H,7,12,17H2,1-6H3. The van der Waals surface area contributed by atoms with Gasteiger partial charge in [0.15, 0.2) is 5.84 Å². The van der Waals surface area contributed by atoms with Crippen molar-refractivity contribution in [3.8, 4) is 11.4 Å². The zero-order valence-electron chi connectivity index (χ0n) is 22.6. The van der Waals surface area contributed by atoms with Crippen LogP contribution in [0.4, 0.5) is 14.5 Å². The normalized spacial score (nSPS) is 14.4. The van der Waals surface area contributed by atoms with Crippen molar-refractivity contribution in [1.29, 1.82) is 0 Å². The van der Waals surface area contributed by atoms with E-state index in [1.54, 1.807) is 29.5 Å². The number of amides is 1. The van der Waals surface area contributed by atoms with Gasteiger partial charge in [0.1, 0.15) is 23.9 Å². The fourth-order valence-corrected chi connectivity index (χ4v) is 6.10. The minimum absolute atomic E-state index is 0.102. The highest BCUT2D eigenvalue weighted by atomic mass is 28.3. The molecule has 1 amide bonds. The summed E-state index contributed by atoms with van der Waals surface area (Å²) < 4.78 is 37.6. The highest BCUT2D eigenvalue weighted by Crippen LogP contribution is 2.27. The zero-order chi connectivity index (χ0) is 27.6. The third kappa shape index (κ3) is 5.70. The lowest BCUT2D eigenvalue weighted by Gasteiger charge is -2.39. The summed E-state index contributed by atoms with van der Waals surface area (Å²) in [5.41, 5.74) is 2.86. The van der Waals surface area contributed by atoms with Crippen molar-refractivity contribution in [2.75, 3.05) is 25.2 Å². The van der Waals surface area contributed by atoms with Crippen molar-refractivity contribution in [1.82, 2.24) is 14.6 Å². The molecule has 0 aliphatic carbocycles. The number of carbonyl (C=O) groups is 1. The molecule has 3 aromatic rings. The average molecular weight is 538 g/mol. The third-order valence-corrected chi connectivity index (χ3v) is 8.19. The summed E-state index contributed by atoms with van der Waals surface area (Å²) in [5, 5.41) is 3.55. The number of hydrogen-bond donors (Lipinski definition) is 0. The Morgan fingerprint density at radius 1 is 1.11 bits per heavy atom. The molecule has 0 atom stereocenters. The van der Waals surface area contributed by atoms with Crippen LogP contribution in [0.1, 0.15) is 24.6 Å². The van der Waals surface area contributed by atoms with Crippen molar-refractivity contribution in [2.45, 2.75) is 39.9 Å². The van der Waals surface area contributed by atoms with Gasteiger partial charge >= 0.3 is 0 Å². The molecule has 200 valence electrons. The SMILES string of the molecule is CCCN1C(C=Cc2ccc(-n3cnc(C)c3)c(OC)c2)=NC(=O)CN1c1cc(F)c([Si](C)(C)C)c(F)c1. The molecule has 0 spiro atoms. The van der Waals surface area contributed by atoms with E-state index in [4.69, 9.17) is 4.74 Å². The number of aliphatic imine (C=N–C) groups is 1. The van der Waals surface area contributed by atoms with Gasteiger partial charge in [-0.25, -0.2) is 13.8 Å². The van der Waals surface area contributed by atoms with Crippen LogP contribution in [0.25, 0.3) is 11.8 Å². The van der Waals surface area contributed by atoms with Gasteiger partial charge in [-0.15, -0.1) is 0 Å². The number of anilines is 1. The maximum atomic E-state index is 15.1. The Kier molecular flexibility index (Phi) is 7.82. The maximum Gasteiger partial charge on any atom is 0.269 e. The molecule has 0 unspecified atom stereocenters. The third-order valence-electron chi connectivity index (χ3n) is 6.21. The van der Waals surface area contributed by atoms with Gasteiger partial charge in [0.2, 0.25) is 0 Å². The van der Waals surface area contributed by atoms with E-state index in [9.17, 15) is 4.79 Å². The molecule has 2 heterocycles. The molecular weight excluding hydrogens is 504 g/mol. The lowest BCUT2D eigenvalue weighted by molar-refractivity contribution is -0.117. The van der Waals surface area contributed by atoms with Crippen molar-refractivity contribution < 1.29 is 18.3 Å². The van der Waals surface area contributed by atoms with E-state index >= 15 is 8.78 Å². The number of amidine groups is 1. The smallest absolute Gasteiger partial charge is 0.269 e. The fraction of sp³-hybridized carbons (Fsp3) is 0.321. The van der Waals surface area contributed by atoms with Gasteiger partial charge < -0.3 is 9.30 Å². The second-order valence-electron chi connectivity index (χ2n) is 10.3. The minimum atomic E-state index is -2.24. The topological polar surface area (TPSA) is 63.0 Å². The number of halogens is 2. The molecule has 0 N–H and O–H groups in total. The number of nitrogens with zero attached hydrogens (tertiary/aromatic N) is 5. The number of hydrazine groups is 1. The van der Waals surface area contributed by atoms with Gasteiger partial charge in [-0.05, 0) is 49.2 Å². The number of rotatable bonds is 8. The Labute approximate surface area is 223 Å². The molecule has 4 rings (SSSR count). The molecule has 10 heteroatoms. The summed E-state index contributed by atoms with van der Waals surface area (Å²) in [6.45, 7) is 10.0. The summed E-state index contributed by atoms with van der Waals surface area (Å²) in [5.74, 6) is -0.500. The van der Waals surface area contributed by atoms with E-state index in [2.05, 4.69) is 9.98 Å². The first-order valence-electron chi connectivity index (χ1n) is 12.5. The quantitative estimate of drug-likeness (QED) is 0.374. The van der Waals surface area contributed by atoms with Gasteiger partial charge in [-0.3, -0.25) is 14.8 Å². The van der Waals surface area contributed by atoms with Crippen LogP contribution in [-0.4, -0.2) is 54.6 Å². The highest BCUT2D eigenvalue weighted by Gasteiger charge is 2.30. The summed E-state index contributed by atoms with van der Waals surface area (Å²) in [7, 11) is -0.632. The Hall–Kier alpha value is -3.79. The molecule has 0 saturated heterocycles. The summed E-state index contributed by atoms with van der Waals surface area (Å²) in [6.07, 6.45) is 7.94. The van der Waals surface area contributed by atoms with E-state index in [0.29, 0.717) is 18.1 Å². The lowest BCUT2D eigenvalue weighted by atomic mass is 10.1. The van der Waals surface area contributed by atoms with Crippen molar-refractivity contribution in [2.24, 2.45) is 4.99 Å². The zero-order valence-corrected chi connectivity index (χ0v) is 23.6. The molecule has 1 aliphatic heterocycles. The van der Waals surface area contributed by atoms with E-state index in [1.807, 2.05) is 68.5 Å². The van der Waals surface area contributed by atoms with Crippen LogP contribution < -0.4 is 14.9 Å². The number of ether oxygens (including phenoxy) is 1. The first-order valence-corrected chi connectivity index (χ1v) is 16.0. The Morgan fingerprint density at radius 3 is 2.39 bits per heavy atom. The summed E-state index contributed by atoms with van der Waals surface area (Å²) in [6, 6.07) is 8.38. The van der Waals surface area contributed by atoms with Crippen LogP contribution in [0.2, 0.25) is 19.6 Å². The molecule has 0 radical (unpaired) electrons. The van der Waals surface area contributed by atoms with E-state index in [-0.39, 0.29) is 17.4 Å². The number of imidazole rings is 1. The van der Waals surface area contributed by atoms with Crippen molar-refractivity contribution >= 4 is 36.8 Å². The molecule has 0 fully saturated rings. The number of hydrogen-bond acceptors (Lipinski definition) is 5. The molecule has 7 nitrogen and oxygen atoms in total. The second-order valence-corrected chi connectivity index (χ2v) is 15.3. The van der Waals surface area contributed by atoms with Crippen LogP contribution in [0.15, 0.2) is 53.9 Å². The van der Waals surface area contributed by atoms with Crippen LogP contribution in [0.3, 0.4) is 0 Å². The lowest BCUT2D eigenvalue weighted by Crippen LogP contribution is -2.52. The number of aromatic nitrogens is 2. The largest absolute Gasteiger partial charge is 0.495 e. The van der Waals surface area contributed by atoms with Gasteiger partial charge in [0.05, 0.1) is 38.6 Å². The summed E-state index contributed by atoms with van der Waals surface area (Å²) in [4.78, 5) is 21.1. The van der Waals surface area contributed by atoms with Crippen LogP contribution in [0, 0.1) is 18.6 Å². The fourth-order valence-electron chi connectivity index (χ4n) is 4.52. The van der Waals surface area contributed by atoms with Crippen molar-refractivity contribution in [3.05, 3.63) is 71.8 Å². The van der Waals surface area contributed by atoms with E-state index in [1.165, 1.54) is 12.1 Å². The first kappa shape index (κ1) is 27.2. The second kappa shape index (κ2) is 10.9. The van der Waals surface area contributed by atoms with Gasteiger partial charge in [0.25, 0.3) is 5.91 Å². The Bertz CT molecular complexity index is 1390. The molecule has 0 saturated carbocycles.